The van der Waals surface area contributed by atoms with E-state index in [1.54, 1.807) is 0 Å². The zero-order chi connectivity index (χ0) is 11.4. The summed E-state index contributed by atoms with van der Waals surface area (Å²) in [5, 5.41) is 11.9. The van der Waals surface area contributed by atoms with E-state index in [-0.39, 0.29) is 18.1 Å². The summed E-state index contributed by atoms with van der Waals surface area (Å²) in [6.07, 6.45) is 0. The van der Waals surface area contributed by atoms with E-state index < -0.39 is 12.0 Å². The van der Waals surface area contributed by atoms with E-state index in [1.165, 1.54) is 7.11 Å². The molecule has 2 N–H and O–H groups in total. The molecule has 0 amide bonds. The van der Waals surface area contributed by atoms with E-state index in [0.717, 1.165) is 0 Å². The molecule has 0 radical (unpaired) electrons. The van der Waals surface area contributed by atoms with Crippen LogP contribution in [0.25, 0.3) is 0 Å². The minimum absolute atomic E-state index is 0.0431. The van der Waals surface area contributed by atoms with Crippen molar-refractivity contribution in [2.45, 2.75) is 39.8 Å². The maximum Gasteiger partial charge on any atom is 0.323 e. The third-order valence-electron chi connectivity index (χ3n) is 2.38. The number of rotatable bonds is 5. The molecule has 0 spiro atoms. The highest BCUT2D eigenvalue weighted by molar-refractivity contribution is 5.73. The van der Waals surface area contributed by atoms with Crippen LogP contribution in [0.4, 0.5) is 0 Å². The Balaban J connectivity index is 4.23. The van der Waals surface area contributed by atoms with E-state index in [4.69, 9.17) is 9.84 Å². The summed E-state index contributed by atoms with van der Waals surface area (Å²) in [6, 6.07) is -0.507. The normalized spacial score (nSPS) is 16.4. The molecule has 0 heterocycles. The first-order valence-corrected chi connectivity index (χ1v) is 4.76. The summed E-state index contributed by atoms with van der Waals surface area (Å²) in [5.41, 5.74) is 0.0431. The maximum absolute atomic E-state index is 10.8. The molecule has 0 bridgehead atoms. The van der Waals surface area contributed by atoms with Crippen LogP contribution in [0.1, 0.15) is 27.7 Å². The van der Waals surface area contributed by atoms with Gasteiger partial charge in [-0.05, 0) is 12.3 Å². The number of carbonyl (C=O) groups is 1. The zero-order valence-electron chi connectivity index (χ0n) is 9.63. The number of carboxylic acids is 1. The number of hydrogen-bond acceptors (Lipinski definition) is 3. The highest BCUT2D eigenvalue weighted by Crippen LogP contribution is 2.18. The lowest BCUT2D eigenvalue weighted by Crippen LogP contribution is -2.49. The summed E-state index contributed by atoms with van der Waals surface area (Å²) in [4.78, 5) is 10.8. The first-order valence-electron chi connectivity index (χ1n) is 4.76. The van der Waals surface area contributed by atoms with Crippen LogP contribution in [0.2, 0.25) is 0 Å². The van der Waals surface area contributed by atoms with Crippen LogP contribution in [0.15, 0.2) is 0 Å². The van der Waals surface area contributed by atoms with Gasteiger partial charge >= 0.3 is 5.97 Å². The lowest BCUT2D eigenvalue weighted by atomic mass is 9.87. The van der Waals surface area contributed by atoms with Gasteiger partial charge < -0.3 is 9.84 Å². The largest absolute Gasteiger partial charge is 0.480 e. The molecule has 4 heteroatoms. The molecule has 0 aromatic carbocycles. The monoisotopic (exact) mass is 203 g/mol. The first-order chi connectivity index (χ1) is 6.29. The summed E-state index contributed by atoms with van der Waals surface area (Å²) in [6.45, 7) is 8.37. The molecular formula is C10H21NO3. The van der Waals surface area contributed by atoms with Crippen molar-refractivity contribution in [2.24, 2.45) is 5.41 Å². The van der Waals surface area contributed by atoms with Gasteiger partial charge in [0.1, 0.15) is 6.04 Å². The molecule has 0 fully saturated rings. The van der Waals surface area contributed by atoms with Crippen LogP contribution in [0.3, 0.4) is 0 Å². The summed E-state index contributed by atoms with van der Waals surface area (Å²) < 4.78 is 4.84. The highest BCUT2D eigenvalue weighted by Gasteiger charge is 2.26. The van der Waals surface area contributed by atoms with Crippen molar-refractivity contribution >= 4 is 5.97 Å². The van der Waals surface area contributed by atoms with Crippen molar-refractivity contribution < 1.29 is 14.6 Å². The minimum Gasteiger partial charge on any atom is -0.480 e. The predicted molar refractivity (Wildman–Crippen MR) is 55.4 cm³/mol. The highest BCUT2D eigenvalue weighted by atomic mass is 16.5. The molecule has 14 heavy (non-hydrogen) atoms. The van der Waals surface area contributed by atoms with E-state index in [2.05, 4.69) is 26.1 Å². The number of aliphatic carboxylic acids is 1. The van der Waals surface area contributed by atoms with Crippen molar-refractivity contribution in [3.05, 3.63) is 0 Å². The maximum atomic E-state index is 10.8. The van der Waals surface area contributed by atoms with Gasteiger partial charge in [-0.3, -0.25) is 10.1 Å². The minimum atomic E-state index is -0.872. The quantitative estimate of drug-likeness (QED) is 0.702. The fraction of sp³-hybridized carbons (Fsp3) is 0.900. The Hall–Kier alpha value is -0.610. The summed E-state index contributed by atoms with van der Waals surface area (Å²) in [7, 11) is 1.50. The Morgan fingerprint density at radius 2 is 2.00 bits per heavy atom. The van der Waals surface area contributed by atoms with Gasteiger partial charge in [-0.2, -0.15) is 0 Å². The van der Waals surface area contributed by atoms with E-state index in [9.17, 15) is 4.79 Å². The third kappa shape index (κ3) is 4.58. The Kier molecular flexibility index (Phi) is 5.08. The summed E-state index contributed by atoms with van der Waals surface area (Å²) in [5.74, 6) is -0.872. The van der Waals surface area contributed by atoms with Crippen molar-refractivity contribution in [3.63, 3.8) is 0 Å². The molecule has 0 rings (SSSR count). The Morgan fingerprint density at radius 3 is 2.29 bits per heavy atom. The Labute approximate surface area is 85.6 Å². The molecule has 4 nitrogen and oxygen atoms in total. The molecule has 0 aromatic heterocycles. The lowest BCUT2D eigenvalue weighted by Gasteiger charge is -2.30. The van der Waals surface area contributed by atoms with Crippen molar-refractivity contribution in [1.29, 1.82) is 0 Å². The number of ether oxygens (including phenoxy) is 1. The molecule has 0 aliphatic heterocycles. The summed E-state index contributed by atoms with van der Waals surface area (Å²) >= 11 is 0. The van der Waals surface area contributed by atoms with Crippen LogP contribution in [0, 0.1) is 5.41 Å². The third-order valence-corrected chi connectivity index (χ3v) is 2.38. The Bertz CT molecular complexity index is 186. The van der Waals surface area contributed by atoms with E-state index >= 15 is 0 Å². The van der Waals surface area contributed by atoms with Crippen LogP contribution in [0.5, 0.6) is 0 Å². The molecule has 0 saturated carbocycles. The van der Waals surface area contributed by atoms with Gasteiger partial charge in [0.2, 0.25) is 0 Å². The second kappa shape index (κ2) is 5.32. The number of carboxylic acid groups (broad SMARTS) is 1. The van der Waals surface area contributed by atoms with Gasteiger partial charge in [0, 0.05) is 13.2 Å². The smallest absolute Gasteiger partial charge is 0.323 e. The van der Waals surface area contributed by atoms with Crippen molar-refractivity contribution in [1.82, 2.24) is 5.32 Å². The van der Waals surface area contributed by atoms with Gasteiger partial charge in [-0.15, -0.1) is 0 Å². The predicted octanol–water partition coefficient (Wildman–Crippen LogP) is 1.11. The topological polar surface area (TPSA) is 58.6 Å². The van der Waals surface area contributed by atoms with Crippen LogP contribution >= 0.6 is 0 Å². The van der Waals surface area contributed by atoms with Crippen molar-refractivity contribution in [2.75, 3.05) is 13.7 Å². The van der Waals surface area contributed by atoms with Gasteiger partial charge in [0.15, 0.2) is 0 Å². The second-order valence-corrected chi connectivity index (χ2v) is 4.60. The zero-order valence-corrected chi connectivity index (χ0v) is 9.63. The van der Waals surface area contributed by atoms with Crippen LogP contribution in [-0.2, 0) is 9.53 Å². The van der Waals surface area contributed by atoms with Gasteiger partial charge in [-0.25, -0.2) is 0 Å². The molecule has 2 unspecified atom stereocenters. The van der Waals surface area contributed by atoms with Gasteiger partial charge in [0.05, 0.1) is 6.61 Å². The van der Waals surface area contributed by atoms with E-state index in [1.807, 2.05) is 6.92 Å². The number of methoxy groups -OCH3 is 1. The molecule has 0 saturated heterocycles. The molecular weight excluding hydrogens is 182 g/mol. The second-order valence-electron chi connectivity index (χ2n) is 4.60. The fourth-order valence-corrected chi connectivity index (χ4v) is 0.909. The lowest BCUT2D eigenvalue weighted by molar-refractivity contribution is -0.141. The number of nitrogens with one attached hydrogen (secondary N) is 1. The molecule has 0 aliphatic rings. The average molecular weight is 203 g/mol. The Morgan fingerprint density at radius 1 is 1.50 bits per heavy atom. The standard InChI is InChI=1S/C10H21NO3/c1-7(10(2,3)4)11-8(6-14-5)9(12)13/h7-8,11H,6H2,1-5H3,(H,12,13). The molecule has 0 aliphatic carbocycles. The molecule has 2 atom stereocenters. The van der Waals surface area contributed by atoms with Gasteiger partial charge in [-0.1, -0.05) is 20.8 Å². The number of hydrogen-bond donors (Lipinski definition) is 2. The molecule has 0 aromatic rings. The van der Waals surface area contributed by atoms with Crippen LogP contribution < -0.4 is 5.32 Å². The van der Waals surface area contributed by atoms with Gasteiger partial charge in [0.25, 0.3) is 0 Å². The first kappa shape index (κ1) is 13.4. The molecule has 84 valence electrons. The van der Waals surface area contributed by atoms with Crippen LogP contribution in [-0.4, -0.2) is 36.9 Å². The SMILES string of the molecule is COCC(NC(C)C(C)(C)C)C(=O)O. The average Bonchev–Trinajstić information content (AvgIpc) is 2.01. The van der Waals surface area contributed by atoms with E-state index in [0.29, 0.717) is 0 Å². The van der Waals surface area contributed by atoms with Crippen molar-refractivity contribution in [3.8, 4) is 0 Å². The fourth-order valence-electron chi connectivity index (χ4n) is 0.909.